The minimum absolute atomic E-state index is 0.0907. The summed E-state index contributed by atoms with van der Waals surface area (Å²) in [5, 5.41) is 41.1. The van der Waals surface area contributed by atoms with Crippen molar-refractivity contribution in [2.45, 2.75) is 30.5 Å². The minimum atomic E-state index is -1.67. The zero-order chi connectivity index (χ0) is 23.7. The lowest BCUT2D eigenvalue weighted by molar-refractivity contribution is -0.204. The summed E-state index contributed by atoms with van der Waals surface area (Å²) >= 11 is 0. The highest BCUT2D eigenvalue weighted by molar-refractivity contribution is 5.94. The van der Waals surface area contributed by atoms with Crippen LogP contribution in [0.5, 0.6) is 0 Å². The Morgan fingerprint density at radius 3 is 2.58 bits per heavy atom. The number of nitrogens with one attached hydrogen (secondary N) is 1. The summed E-state index contributed by atoms with van der Waals surface area (Å²) in [6.45, 7) is -0.690. The first-order valence-electron chi connectivity index (χ1n) is 9.84. The van der Waals surface area contributed by atoms with Gasteiger partial charge in [0.25, 0.3) is 5.91 Å². The van der Waals surface area contributed by atoms with Gasteiger partial charge in [-0.2, -0.15) is 0 Å². The van der Waals surface area contributed by atoms with Crippen LogP contribution in [0.4, 0.5) is 18.9 Å². The van der Waals surface area contributed by atoms with Gasteiger partial charge in [0.1, 0.15) is 35.9 Å². The topological polar surface area (TPSA) is 130 Å². The van der Waals surface area contributed by atoms with E-state index in [0.717, 1.165) is 22.9 Å². The predicted molar refractivity (Wildman–Crippen MR) is 107 cm³/mol. The van der Waals surface area contributed by atoms with Gasteiger partial charge in [0.05, 0.1) is 12.8 Å². The molecule has 0 bridgehead atoms. The summed E-state index contributed by atoms with van der Waals surface area (Å²) in [6.07, 6.45) is -4.70. The number of aromatic nitrogens is 3. The molecule has 33 heavy (non-hydrogen) atoms. The van der Waals surface area contributed by atoms with E-state index in [0.29, 0.717) is 5.56 Å². The van der Waals surface area contributed by atoms with E-state index in [1.165, 1.54) is 24.4 Å². The number of carbonyl (C=O) groups is 1. The van der Waals surface area contributed by atoms with Crippen LogP contribution in [0, 0.1) is 17.5 Å². The molecule has 2 aromatic carbocycles. The lowest BCUT2D eigenvalue weighted by Crippen LogP contribution is -2.59. The van der Waals surface area contributed by atoms with Crippen molar-refractivity contribution in [2.24, 2.45) is 0 Å². The average Bonchev–Trinajstić information content (AvgIpc) is 3.26. The second-order valence-electron chi connectivity index (χ2n) is 7.46. The molecule has 12 heteroatoms. The number of anilines is 1. The fourth-order valence-corrected chi connectivity index (χ4v) is 3.62. The van der Waals surface area contributed by atoms with Crippen molar-refractivity contribution in [3.8, 4) is 11.3 Å². The summed E-state index contributed by atoms with van der Waals surface area (Å²) in [5.74, 6) is -3.71. The molecular formula is C21H19F3N4O5. The van der Waals surface area contributed by atoms with Crippen molar-refractivity contribution >= 4 is 11.6 Å². The van der Waals surface area contributed by atoms with Crippen LogP contribution in [0.1, 0.15) is 6.04 Å². The first-order chi connectivity index (χ1) is 15.8. The fourth-order valence-electron chi connectivity index (χ4n) is 3.62. The summed E-state index contributed by atoms with van der Waals surface area (Å²) in [6, 6.07) is 6.94. The van der Waals surface area contributed by atoms with Crippen LogP contribution in [-0.4, -0.2) is 67.2 Å². The maximum absolute atomic E-state index is 13.5. The van der Waals surface area contributed by atoms with Crippen LogP contribution in [-0.2, 0) is 9.53 Å². The Balaban J connectivity index is 1.60. The van der Waals surface area contributed by atoms with Gasteiger partial charge in [-0.3, -0.25) is 4.79 Å². The molecule has 1 aliphatic rings. The SMILES string of the molecule is O=C(Nc1ccc(F)c(F)c1)[C@@H]1OC(CO)[C@H](O)C(n2cc(-c3cccc(F)c3)nn2)C1O. The molecule has 1 aromatic heterocycles. The Kier molecular flexibility index (Phi) is 6.42. The number of amides is 1. The van der Waals surface area contributed by atoms with Crippen molar-refractivity contribution < 1.29 is 38.0 Å². The molecule has 174 valence electrons. The van der Waals surface area contributed by atoms with Gasteiger partial charge in [0, 0.05) is 17.3 Å². The Labute approximate surface area is 185 Å². The molecule has 1 aliphatic heterocycles. The van der Waals surface area contributed by atoms with E-state index in [1.54, 1.807) is 6.07 Å². The van der Waals surface area contributed by atoms with Gasteiger partial charge >= 0.3 is 0 Å². The molecule has 3 aromatic rings. The van der Waals surface area contributed by atoms with E-state index in [2.05, 4.69) is 15.6 Å². The number of aliphatic hydroxyl groups excluding tert-OH is 3. The number of carbonyl (C=O) groups excluding carboxylic acids is 1. The Hall–Kier alpha value is -3.32. The third-order valence-corrected chi connectivity index (χ3v) is 5.27. The van der Waals surface area contributed by atoms with Crippen LogP contribution in [0.15, 0.2) is 48.7 Å². The Morgan fingerprint density at radius 2 is 1.88 bits per heavy atom. The van der Waals surface area contributed by atoms with Gasteiger partial charge in [-0.1, -0.05) is 17.3 Å². The van der Waals surface area contributed by atoms with Gasteiger partial charge in [0.15, 0.2) is 17.7 Å². The second-order valence-corrected chi connectivity index (χ2v) is 7.46. The molecule has 0 radical (unpaired) electrons. The third kappa shape index (κ3) is 4.59. The van der Waals surface area contributed by atoms with Crippen molar-refractivity contribution in [2.75, 3.05) is 11.9 Å². The molecule has 0 aliphatic carbocycles. The molecule has 4 rings (SSSR count). The summed E-state index contributed by atoms with van der Waals surface area (Å²) < 4.78 is 46.6. The van der Waals surface area contributed by atoms with Gasteiger partial charge in [0.2, 0.25) is 0 Å². The number of rotatable bonds is 5. The molecule has 1 amide bonds. The predicted octanol–water partition coefficient (Wildman–Crippen LogP) is 1.02. The zero-order valence-corrected chi connectivity index (χ0v) is 16.8. The minimum Gasteiger partial charge on any atom is -0.394 e. The van der Waals surface area contributed by atoms with Gasteiger partial charge in [-0.05, 0) is 24.3 Å². The Bertz CT molecular complexity index is 1160. The van der Waals surface area contributed by atoms with Crippen molar-refractivity contribution in [1.29, 1.82) is 0 Å². The lowest BCUT2D eigenvalue weighted by Gasteiger charge is -2.41. The second kappa shape index (κ2) is 9.27. The standard InChI is InChI=1S/C21H19F3N4O5/c22-11-3-1-2-10(6-11)15-8-28(27-26-15)17-18(30)16(9-29)33-20(19(17)31)21(32)25-12-4-5-13(23)14(24)7-12/h1-8,16-20,29-31H,9H2,(H,25,32)/t16?,17?,18-,19?,20+/m0/s1. The molecule has 1 fully saturated rings. The normalized spacial score (nSPS) is 25.1. The molecule has 9 nitrogen and oxygen atoms in total. The monoisotopic (exact) mass is 464 g/mol. The summed E-state index contributed by atoms with van der Waals surface area (Å²) in [7, 11) is 0. The first kappa shape index (κ1) is 22.9. The van der Waals surface area contributed by atoms with Crippen LogP contribution in [0.3, 0.4) is 0 Å². The molecule has 3 unspecified atom stereocenters. The molecule has 0 saturated carbocycles. The van der Waals surface area contributed by atoms with Gasteiger partial charge in [-0.15, -0.1) is 5.10 Å². The largest absolute Gasteiger partial charge is 0.394 e. The molecular weight excluding hydrogens is 445 g/mol. The fraction of sp³-hybridized carbons (Fsp3) is 0.286. The number of benzene rings is 2. The molecule has 1 saturated heterocycles. The maximum atomic E-state index is 13.5. The van der Waals surface area contributed by atoms with Gasteiger partial charge in [-0.25, -0.2) is 17.9 Å². The van der Waals surface area contributed by atoms with Crippen LogP contribution in [0.25, 0.3) is 11.3 Å². The van der Waals surface area contributed by atoms with E-state index in [-0.39, 0.29) is 11.4 Å². The zero-order valence-electron chi connectivity index (χ0n) is 16.8. The van der Waals surface area contributed by atoms with E-state index in [9.17, 15) is 33.3 Å². The number of halogens is 3. The Morgan fingerprint density at radius 1 is 1.09 bits per heavy atom. The first-order valence-corrected chi connectivity index (χ1v) is 9.84. The maximum Gasteiger partial charge on any atom is 0.256 e. The van der Waals surface area contributed by atoms with Crippen molar-refractivity contribution in [1.82, 2.24) is 15.0 Å². The summed E-state index contributed by atoms with van der Waals surface area (Å²) in [4.78, 5) is 12.7. The molecule has 2 heterocycles. The number of ether oxygens (including phenoxy) is 1. The van der Waals surface area contributed by atoms with Crippen molar-refractivity contribution in [3.63, 3.8) is 0 Å². The number of nitrogens with zero attached hydrogens (tertiary/aromatic N) is 3. The third-order valence-electron chi connectivity index (χ3n) is 5.27. The quantitative estimate of drug-likeness (QED) is 0.444. The van der Waals surface area contributed by atoms with E-state index in [1.807, 2.05) is 0 Å². The lowest BCUT2D eigenvalue weighted by atomic mass is 9.92. The van der Waals surface area contributed by atoms with Crippen LogP contribution < -0.4 is 5.32 Å². The molecule has 5 atom stereocenters. The van der Waals surface area contributed by atoms with Crippen molar-refractivity contribution in [3.05, 3.63) is 66.1 Å². The highest BCUT2D eigenvalue weighted by atomic mass is 19.2. The van der Waals surface area contributed by atoms with E-state index < -0.39 is 60.4 Å². The smallest absolute Gasteiger partial charge is 0.256 e. The van der Waals surface area contributed by atoms with E-state index >= 15 is 0 Å². The van der Waals surface area contributed by atoms with Crippen LogP contribution in [0.2, 0.25) is 0 Å². The number of hydrogen-bond acceptors (Lipinski definition) is 7. The molecule has 0 spiro atoms. The number of aliphatic hydroxyl groups is 3. The average molecular weight is 464 g/mol. The highest BCUT2D eigenvalue weighted by Gasteiger charge is 2.48. The highest BCUT2D eigenvalue weighted by Crippen LogP contribution is 2.31. The molecule has 4 N–H and O–H groups in total. The van der Waals surface area contributed by atoms with E-state index in [4.69, 9.17) is 4.74 Å². The summed E-state index contributed by atoms with van der Waals surface area (Å²) in [5.41, 5.74) is 0.541. The number of hydrogen-bond donors (Lipinski definition) is 4. The van der Waals surface area contributed by atoms with Gasteiger partial charge < -0.3 is 25.4 Å². The van der Waals surface area contributed by atoms with Crippen LogP contribution >= 0.6 is 0 Å².